The molecule has 0 spiro atoms. The van der Waals surface area contributed by atoms with E-state index in [4.69, 9.17) is 15.3 Å². The summed E-state index contributed by atoms with van der Waals surface area (Å²) in [6, 6.07) is 3.10. The third-order valence-electron chi connectivity index (χ3n) is 2.81. The highest BCUT2D eigenvalue weighted by Crippen LogP contribution is 2.36. The molecule has 1 aromatic heterocycles. The standard InChI is InChI=1S/C13H22N3O5P/c1-22(18,19)20-9-5-3-2-4-8-15-13(17)11-6-7-12(21-14)16-10-11/h6-7,10H,2-5,8-9,14H2,1H3,(H,15,17)(H,18,19). The maximum absolute atomic E-state index is 11.8. The topological polar surface area (TPSA) is 124 Å². The van der Waals surface area contributed by atoms with E-state index in [1.807, 2.05) is 0 Å². The Bertz CT molecular complexity index is 503. The van der Waals surface area contributed by atoms with Gasteiger partial charge in [-0.3, -0.25) is 9.36 Å². The molecule has 124 valence electrons. The number of nitrogens with two attached hydrogens (primary N) is 1. The number of unbranched alkanes of at least 4 members (excludes halogenated alkanes) is 3. The third kappa shape index (κ3) is 8.09. The molecule has 0 aliphatic rings. The molecule has 1 unspecified atom stereocenters. The summed E-state index contributed by atoms with van der Waals surface area (Å²) >= 11 is 0. The van der Waals surface area contributed by atoms with Gasteiger partial charge in [-0.15, -0.1) is 0 Å². The van der Waals surface area contributed by atoms with E-state index in [1.165, 1.54) is 18.9 Å². The fourth-order valence-corrected chi connectivity index (χ4v) is 2.17. The highest BCUT2D eigenvalue weighted by atomic mass is 31.2. The van der Waals surface area contributed by atoms with Crippen LogP contribution in [0, 0.1) is 0 Å². The van der Waals surface area contributed by atoms with Gasteiger partial charge in [0, 0.05) is 25.5 Å². The van der Waals surface area contributed by atoms with Gasteiger partial charge < -0.3 is 19.6 Å². The molecule has 0 radical (unpaired) electrons. The molecule has 9 heteroatoms. The van der Waals surface area contributed by atoms with Crippen LogP contribution in [0.15, 0.2) is 18.3 Å². The zero-order chi connectivity index (χ0) is 16.4. The number of rotatable bonds is 10. The van der Waals surface area contributed by atoms with Crippen molar-refractivity contribution in [2.75, 3.05) is 19.8 Å². The quantitative estimate of drug-likeness (QED) is 0.337. The summed E-state index contributed by atoms with van der Waals surface area (Å²) in [5.74, 6) is 4.99. The van der Waals surface area contributed by atoms with Gasteiger partial charge in [-0.05, 0) is 18.9 Å². The summed E-state index contributed by atoms with van der Waals surface area (Å²) < 4.78 is 15.6. The summed E-state index contributed by atoms with van der Waals surface area (Å²) in [5.41, 5.74) is 0.441. The molecule has 0 aliphatic heterocycles. The molecule has 1 amide bonds. The Morgan fingerprint density at radius 3 is 2.68 bits per heavy atom. The van der Waals surface area contributed by atoms with Gasteiger partial charge in [0.25, 0.3) is 5.91 Å². The lowest BCUT2D eigenvalue weighted by Gasteiger charge is -2.07. The molecule has 0 saturated heterocycles. The maximum atomic E-state index is 11.8. The van der Waals surface area contributed by atoms with Gasteiger partial charge in [0.15, 0.2) is 0 Å². The summed E-state index contributed by atoms with van der Waals surface area (Å²) in [6.07, 6.45) is 4.72. The van der Waals surface area contributed by atoms with E-state index >= 15 is 0 Å². The molecule has 4 N–H and O–H groups in total. The van der Waals surface area contributed by atoms with E-state index < -0.39 is 7.60 Å². The fourth-order valence-electron chi connectivity index (χ4n) is 1.70. The van der Waals surface area contributed by atoms with E-state index in [0.717, 1.165) is 25.7 Å². The molecule has 22 heavy (non-hydrogen) atoms. The molecule has 1 aromatic rings. The number of carbonyl (C=O) groups excluding carboxylic acids is 1. The lowest BCUT2D eigenvalue weighted by molar-refractivity contribution is 0.0952. The second kappa shape index (κ2) is 9.53. The summed E-state index contributed by atoms with van der Waals surface area (Å²) in [4.78, 5) is 29.0. The van der Waals surface area contributed by atoms with Gasteiger partial charge >= 0.3 is 7.60 Å². The van der Waals surface area contributed by atoms with E-state index in [9.17, 15) is 9.36 Å². The lowest BCUT2D eigenvalue weighted by Crippen LogP contribution is -2.24. The van der Waals surface area contributed by atoms with Crippen LogP contribution < -0.4 is 16.1 Å². The minimum absolute atomic E-state index is 0.202. The Morgan fingerprint density at radius 2 is 2.09 bits per heavy atom. The van der Waals surface area contributed by atoms with Crippen molar-refractivity contribution in [3.05, 3.63) is 23.9 Å². The smallest absolute Gasteiger partial charge is 0.325 e. The van der Waals surface area contributed by atoms with Crippen LogP contribution in [0.5, 0.6) is 5.88 Å². The van der Waals surface area contributed by atoms with Crippen LogP contribution in [0.1, 0.15) is 36.0 Å². The Kier molecular flexibility index (Phi) is 8.05. The van der Waals surface area contributed by atoms with Crippen LogP contribution in [-0.2, 0) is 9.09 Å². The molecule has 0 bridgehead atoms. The maximum Gasteiger partial charge on any atom is 0.325 e. The van der Waals surface area contributed by atoms with Crippen LogP contribution in [-0.4, -0.2) is 35.6 Å². The first-order valence-corrected chi connectivity index (χ1v) is 9.00. The molecule has 1 heterocycles. The molecule has 8 nitrogen and oxygen atoms in total. The number of nitrogens with one attached hydrogen (secondary N) is 1. The van der Waals surface area contributed by atoms with Gasteiger partial charge in [0.1, 0.15) is 0 Å². The second-order valence-electron chi connectivity index (χ2n) is 4.81. The first kappa shape index (κ1) is 18.6. The first-order chi connectivity index (χ1) is 10.4. The monoisotopic (exact) mass is 331 g/mol. The number of carbonyl (C=O) groups is 1. The summed E-state index contributed by atoms with van der Waals surface area (Å²) in [7, 11) is -3.36. The molecule has 0 aromatic carbocycles. The number of amides is 1. The van der Waals surface area contributed by atoms with Crippen LogP contribution in [0.4, 0.5) is 0 Å². The zero-order valence-electron chi connectivity index (χ0n) is 12.5. The van der Waals surface area contributed by atoms with Crippen molar-refractivity contribution in [1.82, 2.24) is 10.3 Å². The van der Waals surface area contributed by atoms with Crippen molar-refractivity contribution in [2.24, 2.45) is 5.90 Å². The van der Waals surface area contributed by atoms with Gasteiger partial charge in [0.2, 0.25) is 5.88 Å². The highest BCUT2D eigenvalue weighted by molar-refractivity contribution is 7.51. The van der Waals surface area contributed by atoms with Gasteiger partial charge in [-0.1, -0.05) is 12.8 Å². The summed E-state index contributed by atoms with van der Waals surface area (Å²) in [5, 5.41) is 2.78. The largest absolute Gasteiger partial charge is 0.391 e. The SMILES string of the molecule is CP(=O)(O)OCCCCCCNC(=O)c1ccc(ON)nc1. The van der Waals surface area contributed by atoms with Crippen molar-refractivity contribution in [3.8, 4) is 5.88 Å². The van der Waals surface area contributed by atoms with E-state index in [1.54, 1.807) is 6.07 Å². The number of hydrogen-bond acceptors (Lipinski definition) is 6. The predicted molar refractivity (Wildman–Crippen MR) is 81.6 cm³/mol. The van der Waals surface area contributed by atoms with Gasteiger partial charge in [-0.25, -0.2) is 4.98 Å². The Morgan fingerprint density at radius 1 is 1.36 bits per heavy atom. The minimum Gasteiger partial charge on any atom is -0.391 e. The van der Waals surface area contributed by atoms with Crippen molar-refractivity contribution < 1.29 is 23.6 Å². The lowest BCUT2D eigenvalue weighted by atomic mass is 10.2. The predicted octanol–water partition coefficient (Wildman–Crippen LogP) is 1.46. The Labute approximate surface area is 129 Å². The average molecular weight is 331 g/mol. The third-order valence-corrected chi connectivity index (χ3v) is 3.47. The Balaban J connectivity index is 2.09. The number of hydrogen-bond donors (Lipinski definition) is 3. The second-order valence-corrected chi connectivity index (χ2v) is 6.67. The summed E-state index contributed by atoms with van der Waals surface area (Å²) in [6.45, 7) is 2.00. The van der Waals surface area contributed by atoms with Crippen LogP contribution >= 0.6 is 7.60 Å². The number of pyridine rings is 1. The van der Waals surface area contributed by atoms with Crippen molar-refractivity contribution >= 4 is 13.5 Å². The van der Waals surface area contributed by atoms with Crippen molar-refractivity contribution in [2.45, 2.75) is 25.7 Å². The molecular weight excluding hydrogens is 309 g/mol. The van der Waals surface area contributed by atoms with Crippen LogP contribution in [0.3, 0.4) is 0 Å². The van der Waals surface area contributed by atoms with Crippen LogP contribution in [0.25, 0.3) is 0 Å². The van der Waals surface area contributed by atoms with Gasteiger partial charge in [0.05, 0.1) is 12.2 Å². The molecule has 1 atom stereocenters. The Hall–Kier alpha value is -1.47. The van der Waals surface area contributed by atoms with Gasteiger partial charge in [-0.2, -0.15) is 5.90 Å². The van der Waals surface area contributed by atoms with E-state index in [0.29, 0.717) is 12.1 Å². The van der Waals surface area contributed by atoms with Crippen molar-refractivity contribution in [3.63, 3.8) is 0 Å². The highest BCUT2D eigenvalue weighted by Gasteiger charge is 2.08. The van der Waals surface area contributed by atoms with E-state index in [-0.39, 0.29) is 18.4 Å². The fraction of sp³-hybridized carbons (Fsp3) is 0.538. The number of aromatic nitrogens is 1. The minimum atomic E-state index is -3.36. The molecular formula is C13H22N3O5P. The first-order valence-electron chi connectivity index (χ1n) is 6.98. The zero-order valence-corrected chi connectivity index (χ0v) is 13.4. The molecule has 0 aliphatic carbocycles. The van der Waals surface area contributed by atoms with Crippen LogP contribution in [0.2, 0.25) is 0 Å². The molecule has 1 rings (SSSR count). The normalized spacial score (nSPS) is 13.4. The average Bonchev–Trinajstić information content (AvgIpc) is 2.48. The van der Waals surface area contributed by atoms with Crippen molar-refractivity contribution in [1.29, 1.82) is 0 Å². The molecule has 0 saturated carbocycles. The molecule has 0 fully saturated rings. The van der Waals surface area contributed by atoms with E-state index in [2.05, 4.69) is 15.1 Å². The number of nitrogens with zero attached hydrogens (tertiary/aromatic N) is 1.